The van der Waals surface area contributed by atoms with Crippen LogP contribution in [-0.4, -0.2) is 22.3 Å². The summed E-state index contributed by atoms with van der Waals surface area (Å²) < 4.78 is 5.48. The summed E-state index contributed by atoms with van der Waals surface area (Å²) in [6.45, 7) is 16.0. The number of allylic oxidation sites excluding steroid dienone is 1. The number of nitrogens with one attached hydrogen (secondary N) is 1. The van der Waals surface area contributed by atoms with Gasteiger partial charge in [0, 0.05) is 22.5 Å². The molecule has 0 radical (unpaired) electrons. The van der Waals surface area contributed by atoms with Crippen molar-refractivity contribution in [2.45, 2.75) is 67.4 Å². The number of carbonyl (C=O) groups is 1. The van der Waals surface area contributed by atoms with Crippen LogP contribution in [0.15, 0.2) is 10.7 Å². The number of rotatable bonds is 2. The number of aliphatic imine (C=N–C) groups is 1. The number of aromatic nitrogens is 1. The monoisotopic (exact) mass is 316 g/mol. The highest BCUT2D eigenvalue weighted by Gasteiger charge is 2.30. The molecule has 2 rings (SSSR count). The molecule has 2 heterocycles. The van der Waals surface area contributed by atoms with Crippen LogP contribution in [0.1, 0.15) is 75.3 Å². The van der Waals surface area contributed by atoms with Crippen molar-refractivity contribution in [2.24, 2.45) is 10.4 Å². The maximum atomic E-state index is 12.4. The molecule has 126 valence electrons. The summed E-state index contributed by atoms with van der Waals surface area (Å²) in [5.41, 5.74) is 5.18. The highest BCUT2D eigenvalue weighted by Crippen LogP contribution is 2.39. The summed E-state index contributed by atoms with van der Waals surface area (Å²) in [5, 5.41) is 0. The maximum Gasteiger partial charge on any atom is 0.355 e. The van der Waals surface area contributed by atoms with Crippen molar-refractivity contribution >= 4 is 17.8 Å². The molecule has 0 atom stereocenters. The summed E-state index contributed by atoms with van der Waals surface area (Å²) >= 11 is 0. The van der Waals surface area contributed by atoms with Gasteiger partial charge in [0.25, 0.3) is 0 Å². The first-order valence-electron chi connectivity index (χ1n) is 8.09. The van der Waals surface area contributed by atoms with E-state index in [9.17, 15) is 4.79 Å². The zero-order valence-corrected chi connectivity index (χ0v) is 15.5. The van der Waals surface area contributed by atoms with E-state index in [4.69, 9.17) is 4.74 Å². The van der Waals surface area contributed by atoms with Crippen LogP contribution in [0.3, 0.4) is 0 Å². The molecule has 0 saturated carbocycles. The molecule has 23 heavy (non-hydrogen) atoms. The molecule has 0 unspecified atom stereocenters. The molecule has 1 aliphatic heterocycles. The molecular formula is C19H28N2O2. The second-order valence-electron chi connectivity index (χ2n) is 8.10. The molecule has 1 aliphatic rings. The van der Waals surface area contributed by atoms with Crippen molar-refractivity contribution in [3.05, 3.63) is 28.2 Å². The van der Waals surface area contributed by atoms with Crippen LogP contribution in [0.2, 0.25) is 0 Å². The molecule has 1 aromatic heterocycles. The average Bonchev–Trinajstić information content (AvgIpc) is 2.77. The van der Waals surface area contributed by atoms with Gasteiger partial charge in [-0.25, -0.2) is 4.79 Å². The highest BCUT2D eigenvalue weighted by molar-refractivity contribution is 5.91. The van der Waals surface area contributed by atoms with Gasteiger partial charge in [0.2, 0.25) is 0 Å². The third-order valence-corrected chi connectivity index (χ3v) is 4.19. The Morgan fingerprint density at radius 2 is 1.83 bits per heavy atom. The number of H-pyrrole nitrogens is 1. The van der Waals surface area contributed by atoms with E-state index in [1.54, 1.807) is 0 Å². The van der Waals surface area contributed by atoms with Crippen LogP contribution < -0.4 is 0 Å². The Bertz CT molecular complexity index is 698. The Morgan fingerprint density at radius 3 is 2.30 bits per heavy atom. The van der Waals surface area contributed by atoms with Crippen LogP contribution in [0.4, 0.5) is 0 Å². The van der Waals surface area contributed by atoms with Gasteiger partial charge in [0.1, 0.15) is 11.3 Å². The minimum atomic E-state index is -0.504. The first-order valence-corrected chi connectivity index (χ1v) is 8.09. The van der Waals surface area contributed by atoms with Gasteiger partial charge in [-0.1, -0.05) is 13.8 Å². The third-order valence-electron chi connectivity index (χ3n) is 4.19. The fourth-order valence-electron chi connectivity index (χ4n) is 2.88. The number of esters is 1. The van der Waals surface area contributed by atoms with Crippen molar-refractivity contribution in [2.75, 3.05) is 0 Å². The molecule has 0 spiro atoms. The average molecular weight is 316 g/mol. The van der Waals surface area contributed by atoms with Crippen LogP contribution in [0.5, 0.6) is 0 Å². The molecule has 1 N–H and O–H groups in total. The largest absolute Gasteiger partial charge is 0.455 e. The molecule has 0 aromatic carbocycles. The van der Waals surface area contributed by atoms with Crippen LogP contribution in [-0.2, 0) is 4.74 Å². The van der Waals surface area contributed by atoms with Gasteiger partial charge in [-0.3, -0.25) is 4.99 Å². The molecule has 0 bridgehead atoms. The topological polar surface area (TPSA) is 54.5 Å². The third kappa shape index (κ3) is 3.74. The minimum Gasteiger partial charge on any atom is -0.455 e. The zero-order valence-electron chi connectivity index (χ0n) is 15.5. The van der Waals surface area contributed by atoms with Crippen molar-refractivity contribution in [3.63, 3.8) is 0 Å². The number of carbonyl (C=O) groups excluding carboxylic acids is 1. The fourth-order valence-corrected chi connectivity index (χ4v) is 2.88. The smallest absolute Gasteiger partial charge is 0.355 e. The second-order valence-corrected chi connectivity index (χ2v) is 8.10. The van der Waals surface area contributed by atoms with Crippen LogP contribution >= 0.6 is 0 Å². The van der Waals surface area contributed by atoms with E-state index >= 15 is 0 Å². The van der Waals surface area contributed by atoms with Gasteiger partial charge in [0.15, 0.2) is 0 Å². The summed E-state index contributed by atoms with van der Waals surface area (Å²) in [6.07, 6.45) is 3.03. The Morgan fingerprint density at radius 1 is 1.22 bits per heavy atom. The van der Waals surface area contributed by atoms with Gasteiger partial charge in [-0.15, -0.1) is 0 Å². The Kier molecular flexibility index (Phi) is 4.31. The fraction of sp³-hybridized carbons (Fsp3) is 0.579. The summed E-state index contributed by atoms with van der Waals surface area (Å²) in [5.74, 6) is -0.312. The van der Waals surface area contributed by atoms with Crippen molar-refractivity contribution in [3.8, 4) is 0 Å². The number of ether oxygens (including phenoxy) is 1. The van der Waals surface area contributed by atoms with E-state index in [-0.39, 0.29) is 11.4 Å². The lowest BCUT2D eigenvalue weighted by Crippen LogP contribution is -2.24. The first-order chi connectivity index (χ1) is 10.4. The van der Waals surface area contributed by atoms with Gasteiger partial charge in [-0.2, -0.15) is 0 Å². The second kappa shape index (κ2) is 5.66. The van der Waals surface area contributed by atoms with Crippen molar-refractivity contribution in [1.82, 2.24) is 4.98 Å². The highest BCUT2D eigenvalue weighted by atomic mass is 16.6. The maximum absolute atomic E-state index is 12.4. The number of hydrogen-bond donors (Lipinski definition) is 1. The van der Waals surface area contributed by atoms with Crippen LogP contribution in [0.25, 0.3) is 6.08 Å². The van der Waals surface area contributed by atoms with E-state index in [0.29, 0.717) is 5.69 Å². The van der Waals surface area contributed by atoms with E-state index in [0.717, 1.165) is 34.7 Å². The molecular weight excluding hydrogens is 288 g/mol. The van der Waals surface area contributed by atoms with Gasteiger partial charge in [-0.05, 0) is 65.2 Å². The summed E-state index contributed by atoms with van der Waals surface area (Å²) in [6, 6.07) is 0. The van der Waals surface area contributed by atoms with Gasteiger partial charge < -0.3 is 9.72 Å². The molecule has 1 aromatic rings. The first kappa shape index (κ1) is 17.5. The molecule has 0 saturated heterocycles. The lowest BCUT2D eigenvalue weighted by Gasteiger charge is -2.19. The van der Waals surface area contributed by atoms with E-state index in [2.05, 4.69) is 36.8 Å². The summed E-state index contributed by atoms with van der Waals surface area (Å²) in [7, 11) is 0. The van der Waals surface area contributed by atoms with E-state index < -0.39 is 5.60 Å². The van der Waals surface area contributed by atoms with Gasteiger partial charge in [0.05, 0.1) is 0 Å². The Labute approximate surface area is 139 Å². The molecule has 0 fully saturated rings. The zero-order chi connectivity index (χ0) is 17.6. The standard InChI is InChI=1S/C19H28N2O2/c1-11-10-19(7,8)15(20-11)9-14-12(2)13(3)16(21-14)17(22)23-18(4,5)6/h9,21H,10H2,1-8H3/b15-9+. The van der Waals surface area contributed by atoms with E-state index in [1.165, 1.54) is 0 Å². The van der Waals surface area contributed by atoms with Crippen molar-refractivity contribution in [1.29, 1.82) is 0 Å². The Hall–Kier alpha value is -1.84. The molecule has 4 heteroatoms. The molecule has 0 amide bonds. The number of aromatic amines is 1. The quantitative estimate of drug-likeness (QED) is 0.795. The predicted octanol–water partition coefficient (Wildman–Crippen LogP) is 4.82. The Balaban J connectivity index is 2.40. The summed E-state index contributed by atoms with van der Waals surface area (Å²) in [4.78, 5) is 20.3. The number of nitrogens with zero attached hydrogens (tertiary/aromatic N) is 1. The number of hydrogen-bond acceptors (Lipinski definition) is 3. The lowest BCUT2D eigenvalue weighted by molar-refractivity contribution is 0.00627. The molecule has 0 aliphatic carbocycles. The predicted molar refractivity (Wildman–Crippen MR) is 94.9 cm³/mol. The van der Waals surface area contributed by atoms with Crippen molar-refractivity contribution < 1.29 is 9.53 Å². The lowest BCUT2D eigenvalue weighted by atomic mass is 9.86. The minimum absolute atomic E-state index is 0.0294. The normalized spacial score (nSPS) is 19.1. The molecule has 4 nitrogen and oxygen atoms in total. The van der Waals surface area contributed by atoms with Gasteiger partial charge >= 0.3 is 5.97 Å². The SMILES string of the molecule is CC1=N/C(=C/c2[nH]c(C(=O)OC(C)(C)C)c(C)c2C)C(C)(C)C1. The van der Waals surface area contributed by atoms with E-state index in [1.807, 2.05) is 34.6 Å². The van der Waals surface area contributed by atoms with Crippen LogP contribution in [0, 0.1) is 19.3 Å².